The summed E-state index contributed by atoms with van der Waals surface area (Å²) in [5.74, 6) is 0.995. The van der Waals surface area contributed by atoms with E-state index in [1.54, 1.807) is 28.8 Å². The van der Waals surface area contributed by atoms with Crippen molar-refractivity contribution >= 4 is 60.4 Å². The molecule has 24 nitrogen and oxygen atoms in total. The molecule has 3 aliphatic heterocycles. The number of hydrogen-bond acceptors (Lipinski definition) is 21. The van der Waals surface area contributed by atoms with Crippen LogP contribution < -0.4 is 16.2 Å². The van der Waals surface area contributed by atoms with Gasteiger partial charge in [0, 0.05) is 28.2 Å². The van der Waals surface area contributed by atoms with E-state index in [2.05, 4.69) is 39.9 Å². The number of aromatic nitrogens is 8. The topological polar surface area (TPSA) is 305 Å². The second kappa shape index (κ2) is 19.6. The normalized spacial score (nSPS) is 27.6. The van der Waals surface area contributed by atoms with Crippen molar-refractivity contribution in [3.05, 3.63) is 65.6 Å². The lowest BCUT2D eigenvalue weighted by Gasteiger charge is -2.25. The minimum absolute atomic E-state index is 0.0788. The average Bonchev–Trinajstić information content (AvgIpc) is 4.05. The second-order valence-corrected chi connectivity index (χ2v) is 18.4. The van der Waals surface area contributed by atoms with Crippen LogP contribution in [0.15, 0.2) is 54.7 Å². The standard InChI is InChI=1S/C33H39FN13O11P2S/c34-25-28-23(56-33(25)47-18-43-27-30(36)39-16-41-32(27)47)13-54-60(49,61-14-19-1-3-20(4-2-19)52-10-9-51-8-7-50-6-5-44-45-37)58-21-11-24(55-22(21)12-53-59(48)57-28)46-17-42-26-29(35)38-15-40-31(26)46/h1-4,15-18,21-25,28,33H,5-14H2,(H2,35,38,40)(H2,36,39,41)/q+1/t21-,22+,23+,24+,25+,28+,33+,60-/m0/s1. The molecule has 4 N–H and O–H groups in total. The van der Waals surface area contributed by atoms with E-state index in [4.69, 9.17) is 58.8 Å². The van der Waals surface area contributed by atoms with Gasteiger partial charge in [0.2, 0.25) is 0 Å². The van der Waals surface area contributed by atoms with E-state index in [9.17, 15) is 9.13 Å². The Labute approximate surface area is 349 Å². The number of benzene rings is 1. The Morgan fingerprint density at radius 2 is 1.59 bits per heavy atom. The number of azide groups is 1. The first-order chi connectivity index (χ1) is 29.7. The van der Waals surface area contributed by atoms with Crippen molar-refractivity contribution in [2.75, 3.05) is 64.3 Å². The predicted octanol–water partition coefficient (Wildman–Crippen LogP) is 4.59. The number of fused-ring (bicyclic) bond motifs is 4. The van der Waals surface area contributed by atoms with Crippen LogP contribution in [0.5, 0.6) is 5.75 Å². The fourth-order valence-electron chi connectivity index (χ4n) is 6.67. The molecule has 3 saturated heterocycles. The number of halogens is 1. The van der Waals surface area contributed by atoms with E-state index < -0.39 is 64.7 Å². The highest BCUT2D eigenvalue weighted by Gasteiger charge is 2.54. The van der Waals surface area contributed by atoms with E-state index in [1.807, 2.05) is 0 Å². The third-order valence-corrected chi connectivity index (χ3v) is 14.1. The van der Waals surface area contributed by atoms with Gasteiger partial charge < -0.3 is 35.2 Å². The lowest BCUT2D eigenvalue weighted by atomic mass is 10.1. The number of hydrogen-bond donors (Lipinski definition) is 2. The third-order valence-electron chi connectivity index (χ3n) is 9.60. The van der Waals surface area contributed by atoms with Crippen molar-refractivity contribution in [1.29, 1.82) is 0 Å². The number of nitrogens with two attached hydrogens (primary N) is 2. The molecule has 0 spiro atoms. The van der Waals surface area contributed by atoms with Gasteiger partial charge >= 0.3 is 15.1 Å². The number of rotatable bonds is 15. The number of nitrogens with zero attached hydrogens (tertiary/aromatic N) is 11. The van der Waals surface area contributed by atoms with Crippen LogP contribution in [-0.2, 0) is 51.9 Å². The second-order valence-electron chi connectivity index (χ2n) is 13.5. The zero-order chi connectivity index (χ0) is 42.3. The predicted molar refractivity (Wildman–Crippen MR) is 213 cm³/mol. The lowest BCUT2D eigenvalue weighted by Crippen LogP contribution is -2.34. The summed E-state index contributed by atoms with van der Waals surface area (Å²) in [6.07, 6.45) is -3.36. The molecule has 0 saturated carbocycles. The van der Waals surface area contributed by atoms with Crippen LogP contribution in [0.1, 0.15) is 24.4 Å². The lowest BCUT2D eigenvalue weighted by molar-refractivity contribution is -0.0535. The molecule has 9 atom stereocenters. The highest BCUT2D eigenvalue weighted by molar-refractivity contribution is 8.54. The molecule has 4 aromatic heterocycles. The van der Waals surface area contributed by atoms with Crippen LogP contribution >= 0.6 is 26.4 Å². The molecule has 324 valence electrons. The monoisotopic (exact) mass is 906 g/mol. The molecule has 61 heavy (non-hydrogen) atoms. The molecule has 0 amide bonds. The van der Waals surface area contributed by atoms with Crippen molar-refractivity contribution in [2.45, 2.75) is 55.2 Å². The van der Waals surface area contributed by atoms with Crippen molar-refractivity contribution in [3.63, 3.8) is 0 Å². The Morgan fingerprint density at radius 3 is 2.33 bits per heavy atom. The van der Waals surface area contributed by atoms with Gasteiger partial charge in [-0.2, -0.15) is 0 Å². The van der Waals surface area contributed by atoms with E-state index >= 15 is 4.39 Å². The largest absolute Gasteiger partial charge is 0.697 e. The summed E-state index contributed by atoms with van der Waals surface area (Å²) >= 11 is 0.903. The van der Waals surface area contributed by atoms with Gasteiger partial charge in [-0.1, -0.05) is 17.2 Å². The van der Waals surface area contributed by atoms with Gasteiger partial charge in [0.1, 0.15) is 67.2 Å². The highest BCUT2D eigenvalue weighted by atomic mass is 32.7. The Hall–Kier alpha value is -4.68. The van der Waals surface area contributed by atoms with Crippen LogP contribution in [0.4, 0.5) is 16.0 Å². The van der Waals surface area contributed by atoms with Gasteiger partial charge in [-0.25, -0.2) is 38.9 Å². The number of alkyl halides is 1. The van der Waals surface area contributed by atoms with E-state index in [1.165, 1.54) is 29.9 Å². The smallest absolute Gasteiger partial charge is 0.491 e. The van der Waals surface area contributed by atoms with Gasteiger partial charge in [-0.15, -0.1) is 9.05 Å². The summed E-state index contributed by atoms with van der Waals surface area (Å²) in [6.45, 7) is -3.14. The summed E-state index contributed by atoms with van der Waals surface area (Å²) in [7, 11) is -2.95. The molecule has 7 heterocycles. The van der Waals surface area contributed by atoms with Gasteiger partial charge in [-0.05, 0) is 34.6 Å². The molecular weight excluding hydrogens is 867 g/mol. The maximum Gasteiger partial charge on any atom is 0.697 e. The van der Waals surface area contributed by atoms with E-state index in [0.29, 0.717) is 43.3 Å². The minimum atomic E-state index is -4.18. The first kappa shape index (κ1) is 43.0. The van der Waals surface area contributed by atoms with Crippen LogP contribution in [0.25, 0.3) is 32.8 Å². The third kappa shape index (κ3) is 10.0. The molecule has 8 rings (SSSR count). The molecule has 28 heteroatoms. The summed E-state index contributed by atoms with van der Waals surface area (Å²) in [6, 6.07) is 7.13. The Balaban J connectivity index is 0.968. The maximum atomic E-state index is 16.4. The maximum absolute atomic E-state index is 16.4. The zero-order valence-corrected chi connectivity index (χ0v) is 34.6. The number of ether oxygens (including phenoxy) is 5. The summed E-state index contributed by atoms with van der Waals surface area (Å²) < 4.78 is 100. The highest BCUT2D eigenvalue weighted by Crippen LogP contribution is 2.64. The molecule has 5 aromatic rings. The first-order valence-corrected chi connectivity index (χ1v) is 23.0. The summed E-state index contributed by atoms with van der Waals surface area (Å²) in [4.78, 5) is 27.6. The fraction of sp³-hybridized carbons (Fsp3) is 0.515. The Morgan fingerprint density at radius 1 is 0.902 bits per heavy atom. The average molecular weight is 907 g/mol. The van der Waals surface area contributed by atoms with Gasteiger partial charge in [0.05, 0.1) is 45.7 Å². The molecule has 1 aromatic carbocycles. The Bertz CT molecular complexity index is 2420. The van der Waals surface area contributed by atoms with E-state index in [-0.39, 0.29) is 54.7 Å². The SMILES string of the molecule is [N-]=[N+]=NCCOCCOCCOc1ccc(CS[P@@]2(=O)OC[C@H]3O[C@@H](n4cnc5c(N)ncnc54)[C@H](F)[C@@H]3O[P+](=O)OC[C@H]3O[C@@H](n4cnc5c(N)ncnc54)C[C@@H]3O2)cc1. The number of anilines is 2. The van der Waals surface area contributed by atoms with Crippen molar-refractivity contribution in [3.8, 4) is 5.75 Å². The number of imidazole rings is 2. The van der Waals surface area contributed by atoms with Crippen molar-refractivity contribution < 1.29 is 55.3 Å². The van der Waals surface area contributed by atoms with Gasteiger partial charge in [0.15, 0.2) is 41.4 Å². The van der Waals surface area contributed by atoms with E-state index in [0.717, 1.165) is 16.9 Å². The molecular formula is C33H39FN13O11P2S+. The zero-order valence-electron chi connectivity index (χ0n) is 32.0. The van der Waals surface area contributed by atoms with Crippen molar-refractivity contribution in [1.82, 2.24) is 39.0 Å². The van der Waals surface area contributed by atoms with Crippen molar-refractivity contribution in [2.24, 2.45) is 5.11 Å². The van der Waals surface area contributed by atoms with Crippen LogP contribution in [0.3, 0.4) is 0 Å². The molecule has 0 radical (unpaired) electrons. The summed E-state index contributed by atoms with van der Waals surface area (Å²) in [5, 5.41) is 3.40. The number of nitrogen functional groups attached to an aromatic ring is 2. The first-order valence-electron chi connectivity index (χ1n) is 18.7. The summed E-state index contributed by atoms with van der Waals surface area (Å²) in [5.41, 5.74) is 22.2. The Kier molecular flexibility index (Phi) is 13.8. The van der Waals surface area contributed by atoms with Gasteiger partial charge in [0.25, 0.3) is 0 Å². The molecule has 0 aliphatic carbocycles. The van der Waals surface area contributed by atoms with Crippen LogP contribution in [0.2, 0.25) is 0 Å². The fourth-order valence-corrected chi connectivity index (χ4v) is 10.9. The molecule has 3 fully saturated rings. The minimum Gasteiger partial charge on any atom is -0.491 e. The van der Waals surface area contributed by atoms with Crippen LogP contribution in [-0.4, -0.2) is 122 Å². The van der Waals surface area contributed by atoms with Crippen LogP contribution in [0, 0.1) is 0 Å². The van der Waals surface area contributed by atoms with Gasteiger partial charge in [-0.3, -0.25) is 18.2 Å². The molecule has 3 aliphatic rings. The molecule has 0 bridgehead atoms. The molecule has 1 unspecified atom stereocenters. The quantitative estimate of drug-likeness (QED) is 0.0477.